The summed E-state index contributed by atoms with van der Waals surface area (Å²) in [5.41, 5.74) is 0.370. The van der Waals surface area contributed by atoms with Gasteiger partial charge in [0.15, 0.2) is 5.82 Å². The summed E-state index contributed by atoms with van der Waals surface area (Å²) in [6.45, 7) is 0. The van der Waals surface area contributed by atoms with Crippen molar-refractivity contribution >= 4 is 69.2 Å². The van der Waals surface area contributed by atoms with Gasteiger partial charge in [0.1, 0.15) is 5.02 Å². The van der Waals surface area contributed by atoms with Crippen LogP contribution in [0, 0.1) is 0 Å². The van der Waals surface area contributed by atoms with Crippen molar-refractivity contribution in [3.63, 3.8) is 0 Å². The van der Waals surface area contributed by atoms with Crippen LogP contribution in [0.1, 0.15) is 15.9 Å². The zero-order valence-electron chi connectivity index (χ0n) is 15.8. The number of rotatable bonds is 6. The van der Waals surface area contributed by atoms with Crippen molar-refractivity contribution in [3.05, 3.63) is 64.8 Å². The number of alkyl halides is 3. The smallest absolute Gasteiger partial charge is 0.355 e. The summed E-state index contributed by atoms with van der Waals surface area (Å²) < 4.78 is 42.2. The van der Waals surface area contributed by atoms with Crippen LogP contribution < -0.4 is 19.5 Å². The van der Waals surface area contributed by atoms with Crippen molar-refractivity contribution in [2.45, 2.75) is 6.18 Å². The van der Waals surface area contributed by atoms with Crippen LogP contribution >= 0.6 is 34.5 Å². The van der Waals surface area contributed by atoms with Gasteiger partial charge in [-0.3, -0.25) is 4.79 Å². The quantitative estimate of drug-likeness (QED) is 0.226. The number of hydrogen-bond acceptors (Lipinski definition) is 6. The maximum absolute atomic E-state index is 13.2. The summed E-state index contributed by atoms with van der Waals surface area (Å²) in [5, 5.41) is 8.41. The lowest BCUT2D eigenvalue weighted by Crippen LogP contribution is -2.19. The number of carbonyl (C=O) groups excluding carboxylic acids is 1. The molecule has 12 heteroatoms. The molecule has 0 aliphatic heterocycles. The molecule has 0 saturated heterocycles. The van der Waals surface area contributed by atoms with Crippen molar-refractivity contribution in [1.29, 1.82) is 0 Å². The Balaban J connectivity index is 1.92. The topological polar surface area (TPSA) is 91.0 Å². The Morgan fingerprint density at radius 1 is 1.10 bits per heavy atom. The third-order valence-electron chi connectivity index (χ3n) is 4.02. The number of anilines is 5. The molecular weight excluding hydrogens is 548 g/mol. The molecule has 0 spiro atoms. The molecule has 31 heavy (non-hydrogen) atoms. The van der Waals surface area contributed by atoms with E-state index in [-0.39, 0.29) is 34.1 Å². The first-order chi connectivity index (χ1) is 14.7. The summed E-state index contributed by atoms with van der Waals surface area (Å²) >= 11 is 7.91. The lowest BCUT2D eigenvalue weighted by atomic mass is 10.1. The summed E-state index contributed by atoms with van der Waals surface area (Å²) in [6, 6.07) is 10.1. The fourth-order valence-corrected chi connectivity index (χ4v) is 3.06. The molecule has 2 aromatic carbocycles. The third-order valence-corrected chi connectivity index (χ3v) is 4.92. The van der Waals surface area contributed by atoms with Crippen LogP contribution in [-0.4, -0.2) is 22.9 Å². The Kier molecular flexibility index (Phi) is 7.05. The van der Waals surface area contributed by atoms with Gasteiger partial charge in [-0.15, -0.1) is 0 Å². The van der Waals surface area contributed by atoms with E-state index in [0.717, 1.165) is 12.1 Å². The minimum Gasteiger partial charge on any atom is -0.355 e. The largest absolute Gasteiger partial charge is 0.416 e. The lowest BCUT2D eigenvalue weighted by molar-refractivity contribution is -0.137. The number of carbonyl (C=O) groups is 1. The van der Waals surface area contributed by atoms with E-state index in [0.29, 0.717) is 11.3 Å². The van der Waals surface area contributed by atoms with Crippen LogP contribution in [0.3, 0.4) is 0 Å². The normalized spacial score (nSPS) is 11.0. The maximum atomic E-state index is 13.2. The van der Waals surface area contributed by atoms with E-state index >= 15 is 0 Å². The van der Waals surface area contributed by atoms with Gasteiger partial charge < -0.3 is 19.5 Å². The molecule has 1 amide bonds. The van der Waals surface area contributed by atoms with Gasteiger partial charge >= 0.3 is 6.18 Å². The zero-order valence-corrected chi connectivity index (χ0v) is 18.7. The molecule has 0 radical (unpaired) electrons. The first kappa shape index (κ1) is 22.9. The van der Waals surface area contributed by atoms with E-state index < -0.39 is 11.7 Å². The fourth-order valence-electron chi connectivity index (χ4n) is 2.61. The molecule has 0 atom stereocenters. The number of hydrogen-bond donors (Lipinski definition) is 4. The van der Waals surface area contributed by atoms with Gasteiger partial charge in [0.25, 0.3) is 5.91 Å². The predicted octanol–water partition coefficient (Wildman–Crippen LogP) is 5.76. The van der Waals surface area contributed by atoms with Crippen molar-refractivity contribution in [3.8, 4) is 0 Å². The SMILES string of the molecule is CNC(=O)c1ccccc1Nc1nc(Nc2cc(NI)cc(C(F)(F)F)c2)ncc1Cl. The number of aromatic nitrogens is 2. The molecular formula is C19H15ClF3IN6O. The summed E-state index contributed by atoms with van der Waals surface area (Å²) in [7, 11) is 1.51. The molecule has 7 nitrogen and oxygen atoms in total. The van der Waals surface area contributed by atoms with Crippen LogP contribution in [0.15, 0.2) is 48.7 Å². The molecule has 1 aromatic heterocycles. The highest BCUT2D eigenvalue weighted by molar-refractivity contribution is 14.1. The molecule has 0 bridgehead atoms. The van der Waals surface area contributed by atoms with Crippen LogP contribution in [0.25, 0.3) is 0 Å². The third kappa shape index (κ3) is 5.67. The number of nitrogens with zero attached hydrogens (tertiary/aromatic N) is 2. The summed E-state index contributed by atoms with van der Waals surface area (Å²) in [5.74, 6) is -0.118. The number of nitrogens with one attached hydrogen (secondary N) is 4. The number of para-hydroxylation sites is 1. The number of amides is 1. The summed E-state index contributed by atoms with van der Waals surface area (Å²) in [4.78, 5) is 20.3. The Labute approximate surface area is 194 Å². The van der Waals surface area contributed by atoms with Gasteiger partial charge in [-0.05, 0) is 30.3 Å². The van der Waals surface area contributed by atoms with E-state index in [2.05, 4.69) is 29.4 Å². The van der Waals surface area contributed by atoms with Crippen molar-refractivity contribution in [2.75, 3.05) is 21.2 Å². The molecule has 3 aromatic rings. The highest BCUT2D eigenvalue weighted by Crippen LogP contribution is 2.34. The Morgan fingerprint density at radius 2 is 1.81 bits per heavy atom. The second kappa shape index (κ2) is 9.56. The van der Waals surface area contributed by atoms with E-state index in [1.165, 1.54) is 19.3 Å². The fraction of sp³-hybridized carbons (Fsp3) is 0.105. The molecule has 0 aliphatic carbocycles. The average molecular weight is 563 g/mol. The zero-order chi connectivity index (χ0) is 22.6. The van der Waals surface area contributed by atoms with Gasteiger partial charge in [0.05, 0.1) is 45.9 Å². The van der Waals surface area contributed by atoms with Gasteiger partial charge in [-0.25, -0.2) is 4.98 Å². The first-order valence-electron chi connectivity index (χ1n) is 8.68. The van der Waals surface area contributed by atoms with Crippen LogP contribution in [-0.2, 0) is 6.18 Å². The Morgan fingerprint density at radius 3 is 2.48 bits per heavy atom. The lowest BCUT2D eigenvalue weighted by Gasteiger charge is -2.14. The van der Waals surface area contributed by atoms with E-state index in [4.69, 9.17) is 11.6 Å². The molecule has 0 unspecified atom stereocenters. The van der Waals surface area contributed by atoms with Crippen LogP contribution in [0.5, 0.6) is 0 Å². The highest BCUT2D eigenvalue weighted by Gasteiger charge is 2.31. The van der Waals surface area contributed by atoms with Gasteiger partial charge in [-0.2, -0.15) is 18.2 Å². The second-order valence-electron chi connectivity index (χ2n) is 6.16. The summed E-state index contributed by atoms with van der Waals surface area (Å²) in [6.07, 6.45) is -3.22. The van der Waals surface area contributed by atoms with Gasteiger partial charge in [0.2, 0.25) is 5.95 Å². The second-order valence-corrected chi connectivity index (χ2v) is 7.10. The van der Waals surface area contributed by atoms with Crippen molar-refractivity contribution in [1.82, 2.24) is 15.3 Å². The van der Waals surface area contributed by atoms with E-state index in [1.807, 2.05) is 0 Å². The molecule has 162 valence electrons. The van der Waals surface area contributed by atoms with Gasteiger partial charge in [-0.1, -0.05) is 23.7 Å². The number of benzene rings is 2. The molecule has 0 aliphatic rings. The standard InChI is InChI=1S/C19H15ClF3IN6O/c1-25-17(31)13-4-2-3-5-15(13)28-16-14(20)9-26-18(29-16)27-11-6-10(19(21,22)23)7-12(8-11)30-24/h2-9,30H,1H3,(H,25,31)(H2,26,27,28,29). The Bertz CT molecular complexity index is 1110. The van der Waals surface area contributed by atoms with E-state index in [1.54, 1.807) is 47.1 Å². The molecule has 0 fully saturated rings. The molecule has 3 rings (SSSR count). The predicted molar refractivity (Wildman–Crippen MR) is 123 cm³/mol. The average Bonchev–Trinajstić information content (AvgIpc) is 2.75. The highest BCUT2D eigenvalue weighted by atomic mass is 127. The van der Waals surface area contributed by atoms with Crippen molar-refractivity contribution in [2.24, 2.45) is 0 Å². The monoisotopic (exact) mass is 562 g/mol. The van der Waals surface area contributed by atoms with Crippen LogP contribution in [0.2, 0.25) is 5.02 Å². The van der Waals surface area contributed by atoms with E-state index in [9.17, 15) is 18.0 Å². The van der Waals surface area contributed by atoms with Crippen molar-refractivity contribution < 1.29 is 18.0 Å². The minimum absolute atomic E-state index is 0.0167. The van der Waals surface area contributed by atoms with Gasteiger partial charge in [0, 0.05) is 18.4 Å². The molecule has 4 N–H and O–H groups in total. The minimum atomic E-state index is -4.52. The Hall–Kier alpha value is -2.80. The maximum Gasteiger partial charge on any atom is 0.416 e. The first-order valence-corrected chi connectivity index (χ1v) is 10.1. The van der Waals surface area contributed by atoms with Crippen LogP contribution in [0.4, 0.5) is 42.0 Å². The number of halogens is 5. The molecule has 0 saturated carbocycles. The molecule has 1 heterocycles.